The van der Waals surface area contributed by atoms with Crippen molar-refractivity contribution in [3.63, 3.8) is 0 Å². The Bertz CT molecular complexity index is 472. The molecular formula is C20H26O2. The zero-order valence-corrected chi connectivity index (χ0v) is 13.3. The number of unbranched alkanes of at least 4 members (excludes halogenated alkanes) is 3. The first-order valence-corrected chi connectivity index (χ1v) is 7.67. The minimum absolute atomic E-state index is 0.942. The van der Waals surface area contributed by atoms with Crippen LogP contribution < -0.4 is 0 Å². The van der Waals surface area contributed by atoms with Gasteiger partial charge in [0.05, 0.1) is 0 Å². The minimum atomic E-state index is -0.942. The van der Waals surface area contributed by atoms with Gasteiger partial charge in [-0.25, -0.2) is 4.79 Å². The average molecular weight is 298 g/mol. The Labute approximate surface area is 134 Å². The van der Waals surface area contributed by atoms with Crippen molar-refractivity contribution in [3.8, 4) is 0 Å². The molecule has 0 radical (unpaired) electrons. The summed E-state index contributed by atoms with van der Waals surface area (Å²) in [6, 6.07) is 0. The maximum Gasteiger partial charge on any atom is 0.328 e. The van der Waals surface area contributed by atoms with Gasteiger partial charge in [-0.05, 0) is 12.8 Å². The highest BCUT2D eigenvalue weighted by atomic mass is 16.4. The molecule has 0 aliphatic carbocycles. The maximum absolute atomic E-state index is 10.2. The van der Waals surface area contributed by atoms with E-state index in [1.54, 1.807) is 12.2 Å². The largest absolute Gasteiger partial charge is 0.478 e. The van der Waals surface area contributed by atoms with Gasteiger partial charge in [0.1, 0.15) is 0 Å². The van der Waals surface area contributed by atoms with Crippen LogP contribution >= 0.6 is 0 Å². The molecular weight excluding hydrogens is 272 g/mol. The number of allylic oxidation sites excluding steroid dienone is 13. The lowest BCUT2D eigenvalue weighted by Gasteiger charge is -1.89. The number of carboxylic acids is 1. The lowest BCUT2D eigenvalue weighted by Crippen LogP contribution is -1.84. The summed E-state index contributed by atoms with van der Waals surface area (Å²) in [5, 5.41) is 8.37. The van der Waals surface area contributed by atoms with Crippen LogP contribution in [0.25, 0.3) is 0 Å². The summed E-state index contributed by atoms with van der Waals surface area (Å²) in [5.41, 5.74) is 0. The molecule has 0 amide bonds. The molecule has 22 heavy (non-hydrogen) atoms. The molecule has 0 saturated carbocycles. The number of hydrogen-bond acceptors (Lipinski definition) is 1. The van der Waals surface area contributed by atoms with Gasteiger partial charge in [0.2, 0.25) is 0 Å². The molecule has 2 heteroatoms. The van der Waals surface area contributed by atoms with Crippen LogP contribution in [0.3, 0.4) is 0 Å². The van der Waals surface area contributed by atoms with Gasteiger partial charge in [0, 0.05) is 6.08 Å². The summed E-state index contributed by atoms with van der Waals surface area (Å²) >= 11 is 0. The van der Waals surface area contributed by atoms with Crippen molar-refractivity contribution in [1.29, 1.82) is 0 Å². The normalized spacial score (nSPS) is 13.5. The van der Waals surface area contributed by atoms with E-state index >= 15 is 0 Å². The van der Waals surface area contributed by atoms with Gasteiger partial charge in [0.15, 0.2) is 0 Å². The third kappa shape index (κ3) is 17.6. The summed E-state index contributed by atoms with van der Waals surface area (Å²) in [4.78, 5) is 10.2. The SMILES string of the molecule is CCCCC/C=C/C=C/C=C/C=C/C=C/C=C/C=C/C(=O)O. The summed E-state index contributed by atoms with van der Waals surface area (Å²) in [6.07, 6.45) is 30.8. The summed E-state index contributed by atoms with van der Waals surface area (Å²) in [7, 11) is 0. The Morgan fingerprint density at radius 3 is 1.64 bits per heavy atom. The van der Waals surface area contributed by atoms with Crippen LogP contribution in [0.15, 0.2) is 85.1 Å². The molecule has 0 saturated heterocycles. The fraction of sp³-hybridized carbons (Fsp3) is 0.250. The highest BCUT2D eigenvalue weighted by Gasteiger charge is 1.79. The molecule has 0 spiro atoms. The quantitative estimate of drug-likeness (QED) is 0.309. The third-order valence-electron chi connectivity index (χ3n) is 2.57. The van der Waals surface area contributed by atoms with E-state index in [0.717, 1.165) is 12.5 Å². The van der Waals surface area contributed by atoms with Gasteiger partial charge in [-0.3, -0.25) is 0 Å². The Balaban J connectivity index is 3.77. The van der Waals surface area contributed by atoms with Crippen LogP contribution in [0.2, 0.25) is 0 Å². The van der Waals surface area contributed by atoms with Gasteiger partial charge in [0.25, 0.3) is 0 Å². The van der Waals surface area contributed by atoms with E-state index in [-0.39, 0.29) is 0 Å². The second-order valence-electron chi connectivity index (χ2n) is 4.55. The highest BCUT2D eigenvalue weighted by Crippen LogP contribution is 1.99. The fourth-order valence-corrected chi connectivity index (χ4v) is 1.47. The topological polar surface area (TPSA) is 37.3 Å². The second-order valence-corrected chi connectivity index (χ2v) is 4.55. The molecule has 2 nitrogen and oxygen atoms in total. The van der Waals surface area contributed by atoms with Gasteiger partial charge in [-0.1, -0.05) is 98.8 Å². The predicted molar refractivity (Wildman–Crippen MR) is 95.8 cm³/mol. The van der Waals surface area contributed by atoms with Crippen LogP contribution in [0.1, 0.15) is 32.6 Å². The lowest BCUT2D eigenvalue weighted by atomic mass is 10.2. The van der Waals surface area contributed by atoms with E-state index in [9.17, 15) is 4.79 Å². The van der Waals surface area contributed by atoms with Gasteiger partial charge < -0.3 is 5.11 Å². The number of carbonyl (C=O) groups is 1. The Hall–Kier alpha value is -2.35. The molecule has 0 fully saturated rings. The van der Waals surface area contributed by atoms with Crippen molar-refractivity contribution in [2.45, 2.75) is 32.6 Å². The van der Waals surface area contributed by atoms with Crippen molar-refractivity contribution in [2.75, 3.05) is 0 Å². The van der Waals surface area contributed by atoms with Crippen molar-refractivity contribution < 1.29 is 9.90 Å². The van der Waals surface area contributed by atoms with Crippen molar-refractivity contribution in [2.24, 2.45) is 0 Å². The van der Waals surface area contributed by atoms with E-state index in [1.165, 1.54) is 25.3 Å². The molecule has 0 rings (SSSR count). The first-order chi connectivity index (χ1) is 10.8. The molecule has 0 aliphatic heterocycles. The fourth-order valence-electron chi connectivity index (χ4n) is 1.47. The second kappa shape index (κ2) is 16.7. The highest BCUT2D eigenvalue weighted by molar-refractivity contribution is 5.80. The smallest absolute Gasteiger partial charge is 0.328 e. The van der Waals surface area contributed by atoms with E-state index in [1.807, 2.05) is 48.6 Å². The zero-order chi connectivity index (χ0) is 16.3. The third-order valence-corrected chi connectivity index (χ3v) is 2.57. The van der Waals surface area contributed by atoms with Crippen LogP contribution in [0.4, 0.5) is 0 Å². The number of aliphatic carboxylic acids is 1. The molecule has 0 heterocycles. The number of rotatable bonds is 11. The molecule has 0 aromatic carbocycles. The molecule has 0 bridgehead atoms. The molecule has 0 aromatic rings. The molecule has 0 aromatic heterocycles. The van der Waals surface area contributed by atoms with Gasteiger partial charge in [-0.15, -0.1) is 0 Å². The zero-order valence-electron chi connectivity index (χ0n) is 13.3. The molecule has 0 aliphatic rings. The van der Waals surface area contributed by atoms with Crippen LogP contribution in [-0.4, -0.2) is 11.1 Å². The predicted octanol–water partition coefficient (Wildman–Crippen LogP) is 5.54. The van der Waals surface area contributed by atoms with E-state index in [4.69, 9.17) is 5.11 Å². The van der Waals surface area contributed by atoms with E-state index in [0.29, 0.717) is 0 Å². The standard InChI is InChI=1S/C20H26O2/c1-2-3-4-5-6-7-8-9-10-11-12-13-14-15-16-17-18-19-20(21)22/h6-19H,2-5H2,1H3,(H,21,22)/b7-6+,9-8+,11-10+,13-12+,15-14+,17-16+,19-18+. The van der Waals surface area contributed by atoms with Gasteiger partial charge >= 0.3 is 5.97 Å². The van der Waals surface area contributed by atoms with E-state index in [2.05, 4.69) is 19.1 Å². The van der Waals surface area contributed by atoms with Crippen molar-refractivity contribution in [3.05, 3.63) is 85.1 Å². The number of hydrogen-bond donors (Lipinski definition) is 1. The van der Waals surface area contributed by atoms with Gasteiger partial charge in [-0.2, -0.15) is 0 Å². The van der Waals surface area contributed by atoms with Crippen molar-refractivity contribution >= 4 is 5.97 Å². The van der Waals surface area contributed by atoms with Crippen LogP contribution in [0, 0.1) is 0 Å². The first kappa shape index (κ1) is 19.7. The average Bonchev–Trinajstić information content (AvgIpc) is 2.50. The monoisotopic (exact) mass is 298 g/mol. The Kier molecular flexibility index (Phi) is 14.9. The molecule has 0 atom stereocenters. The van der Waals surface area contributed by atoms with Crippen LogP contribution in [-0.2, 0) is 4.79 Å². The first-order valence-electron chi connectivity index (χ1n) is 7.67. The summed E-state index contributed by atoms with van der Waals surface area (Å²) < 4.78 is 0. The summed E-state index contributed by atoms with van der Waals surface area (Å²) in [5.74, 6) is -0.942. The maximum atomic E-state index is 10.2. The van der Waals surface area contributed by atoms with Crippen molar-refractivity contribution in [1.82, 2.24) is 0 Å². The Morgan fingerprint density at radius 2 is 1.18 bits per heavy atom. The van der Waals surface area contributed by atoms with Crippen LogP contribution in [0.5, 0.6) is 0 Å². The lowest BCUT2D eigenvalue weighted by molar-refractivity contribution is -0.131. The Morgan fingerprint density at radius 1 is 0.727 bits per heavy atom. The number of carboxylic acid groups (broad SMARTS) is 1. The van der Waals surface area contributed by atoms with E-state index < -0.39 is 5.97 Å². The minimum Gasteiger partial charge on any atom is -0.478 e. The molecule has 0 unspecified atom stereocenters. The summed E-state index contributed by atoms with van der Waals surface area (Å²) in [6.45, 7) is 2.21. The molecule has 1 N–H and O–H groups in total. The molecule has 118 valence electrons.